The predicted molar refractivity (Wildman–Crippen MR) is 70.5 cm³/mol. The van der Waals surface area contributed by atoms with Crippen LogP contribution < -0.4 is 5.32 Å². The molecule has 0 amide bonds. The quantitative estimate of drug-likeness (QED) is 0.417. The first-order chi connectivity index (χ1) is 9.89. The van der Waals surface area contributed by atoms with Gasteiger partial charge in [0.1, 0.15) is 0 Å². The van der Waals surface area contributed by atoms with Crippen LogP contribution in [-0.4, -0.2) is 64.7 Å². The maximum absolute atomic E-state index is 12.2. The molecular formula is C10H21F6N2O4P. The molecule has 0 saturated heterocycles. The van der Waals surface area contributed by atoms with Crippen molar-refractivity contribution in [3.8, 4) is 0 Å². The van der Waals surface area contributed by atoms with E-state index in [1.165, 1.54) is 0 Å². The van der Waals surface area contributed by atoms with E-state index in [9.17, 15) is 26.3 Å². The highest BCUT2D eigenvalue weighted by Gasteiger charge is 2.39. The molecule has 0 saturated carbocycles. The largest absolute Gasteiger partial charge is 0.466 e. The Bertz CT molecular complexity index is 347. The number of hydrogen-bond donors (Lipinski definition) is 4. The van der Waals surface area contributed by atoms with Crippen molar-refractivity contribution in [3.63, 3.8) is 0 Å². The van der Waals surface area contributed by atoms with Gasteiger partial charge in [0, 0.05) is 18.6 Å². The van der Waals surface area contributed by atoms with E-state index in [-0.39, 0.29) is 0 Å². The van der Waals surface area contributed by atoms with Crippen molar-refractivity contribution in [2.24, 2.45) is 0 Å². The number of hydrogen-bond acceptors (Lipinski definition) is 3. The molecule has 0 aromatic rings. The van der Waals surface area contributed by atoms with Crippen LogP contribution in [0.2, 0.25) is 0 Å². The molecule has 0 heterocycles. The minimum absolute atomic E-state index is 0.367. The van der Waals surface area contributed by atoms with Crippen molar-refractivity contribution in [2.75, 3.05) is 20.6 Å². The number of nitrogens with zero attached hydrogens (tertiary/aromatic N) is 1. The molecule has 0 fully saturated rings. The summed E-state index contributed by atoms with van der Waals surface area (Å²) < 4.78 is 81.9. The maximum atomic E-state index is 12.2. The Kier molecular flexibility index (Phi) is 10.6. The molecule has 0 aliphatic rings. The normalized spacial score (nSPS) is 14.7. The second-order valence-corrected chi connectivity index (χ2v) is 6.21. The first-order valence-electron chi connectivity index (χ1n) is 6.21. The number of phosphoric acid groups is 1. The molecule has 23 heavy (non-hydrogen) atoms. The fraction of sp³-hybridized carbons (Fsp3) is 1.00. The molecule has 142 valence electrons. The van der Waals surface area contributed by atoms with Gasteiger partial charge in [-0.05, 0) is 21.0 Å². The van der Waals surface area contributed by atoms with Crippen molar-refractivity contribution >= 4 is 7.82 Å². The molecule has 1 unspecified atom stereocenters. The molecule has 0 rings (SSSR count). The molecule has 0 aromatic heterocycles. The summed E-state index contributed by atoms with van der Waals surface area (Å²) in [5.41, 5.74) is 0. The molecule has 4 N–H and O–H groups in total. The zero-order valence-electron chi connectivity index (χ0n) is 12.7. The van der Waals surface area contributed by atoms with Gasteiger partial charge in [-0.2, -0.15) is 26.3 Å². The Labute approximate surface area is 129 Å². The molecule has 13 heteroatoms. The lowest BCUT2D eigenvalue weighted by Crippen LogP contribution is -2.45. The van der Waals surface area contributed by atoms with Gasteiger partial charge in [-0.1, -0.05) is 0 Å². The standard InChI is InChI=1S/C10H18F6N2.H3O4P/c1-7(6-18(2)3)17-8(4-9(11,12)13)5-10(14,15)16;1-5(2,3)4/h7-8,17H,4-6H2,1-3H3;(H3,1,2,3,4). The van der Waals surface area contributed by atoms with Gasteiger partial charge < -0.3 is 24.9 Å². The highest BCUT2D eigenvalue weighted by molar-refractivity contribution is 7.45. The molecule has 0 spiro atoms. The Hall–Kier alpha value is -0.390. The number of likely N-dealkylation sites (N-methyl/N-ethyl adjacent to an activating group) is 1. The third-order valence-corrected chi connectivity index (χ3v) is 2.11. The molecule has 0 aromatic carbocycles. The maximum Gasteiger partial charge on any atom is 0.466 e. The van der Waals surface area contributed by atoms with Crippen LogP contribution in [0.4, 0.5) is 26.3 Å². The Morgan fingerprint density at radius 1 is 1.00 bits per heavy atom. The number of rotatable bonds is 6. The summed E-state index contributed by atoms with van der Waals surface area (Å²) in [5, 5.41) is 2.38. The van der Waals surface area contributed by atoms with E-state index in [2.05, 4.69) is 5.32 Å². The third-order valence-electron chi connectivity index (χ3n) is 2.11. The average molecular weight is 378 g/mol. The zero-order valence-corrected chi connectivity index (χ0v) is 13.6. The van der Waals surface area contributed by atoms with Crippen molar-refractivity contribution in [1.29, 1.82) is 0 Å². The van der Waals surface area contributed by atoms with E-state index in [0.717, 1.165) is 0 Å². The van der Waals surface area contributed by atoms with Crippen molar-refractivity contribution in [1.82, 2.24) is 10.2 Å². The second kappa shape index (κ2) is 9.80. The van der Waals surface area contributed by atoms with E-state index < -0.39 is 45.1 Å². The minimum atomic E-state index is -4.64. The highest BCUT2D eigenvalue weighted by Crippen LogP contribution is 2.29. The monoisotopic (exact) mass is 378 g/mol. The van der Waals surface area contributed by atoms with E-state index in [4.69, 9.17) is 19.2 Å². The van der Waals surface area contributed by atoms with Crippen LogP contribution in [0.1, 0.15) is 19.8 Å². The van der Waals surface area contributed by atoms with Gasteiger partial charge in [0.05, 0.1) is 12.8 Å². The smallest absolute Gasteiger partial charge is 0.310 e. The van der Waals surface area contributed by atoms with Gasteiger partial charge in [0.2, 0.25) is 0 Å². The molecule has 1 atom stereocenters. The van der Waals surface area contributed by atoms with Crippen LogP contribution in [0.15, 0.2) is 0 Å². The van der Waals surface area contributed by atoms with E-state index in [1.54, 1.807) is 25.9 Å². The summed E-state index contributed by atoms with van der Waals surface area (Å²) in [6.45, 7) is 1.92. The lowest BCUT2D eigenvalue weighted by Gasteiger charge is -2.26. The van der Waals surface area contributed by atoms with Gasteiger partial charge in [-0.3, -0.25) is 0 Å². The number of nitrogens with one attached hydrogen (secondary N) is 1. The van der Waals surface area contributed by atoms with Crippen LogP contribution in [0.25, 0.3) is 0 Å². The zero-order chi connectivity index (χ0) is 19.1. The predicted octanol–water partition coefficient (Wildman–Crippen LogP) is 1.87. The van der Waals surface area contributed by atoms with Gasteiger partial charge in [0.15, 0.2) is 0 Å². The summed E-state index contributed by atoms with van der Waals surface area (Å²) in [5.74, 6) is 0. The van der Waals surface area contributed by atoms with E-state index in [0.29, 0.717) is 6.54 Å². The van der Waals surface area contributed by atoms with Crippen molar-refractivity contribution < 1.29 is 45.6 Å². The van der Waals surface area contributed by atoms with E-state index >= 15 is 0 Å². The molecule has 0 aliphatic heterocycles. The number of alkyl halides is 6. The van der Waals surface area contributed by atoms with Gasteiger partial charge in [-0.25, -0.2) is 4.57 Å². The van der Waals surface area contributed by atoms with Crippen LogP contribution in [0, 0.1) is 0 Å². The molecule has 6 nitrogen and oxygen atoms in total. The van der Waals surface area contributed by atoms with Crippen molar-refractivity contribution in [3.05, 3.63) is 0 Å². The summed E-state index contributed by atoms with van der Waals surface area (Å²) in [6, 6.07) is -2.09. The fourth-order valence-corrected chi connectivity index (χ4v) is 1.75. The molecular weight excluding hydrogens is 357 g/mol. The summed E-state index contributed by atoms with van der Waals surface area (Å²) in [6.07, 6.45) is -12.2. The Morgan fingerprint density at radius 2 is 1.30 bits per heavy atom. The summed E-state index contributed by atoms with van der Waals surface area (Å²) in [4.78, 5) is 23.3. The topological polar surface area (TPSA) is 93.0 Å². The molecule has 0 bridgehead atoms. The van der Waals surface area contributed by atoms with Gasteiger partial charge >= 0.3 is 20.2 Å². The first-order valence-corrected chi connectivity index (χ1v) is 7.78. The Balaban J connectivity index is 0. The second-order valence-electron chi connectivity index (χ2n) is 5.18. The van der Waals surface area contributed by atoms with Crippen LogP contribution in [0.3, 0.4) is 0 Å². The summed E-state index contributed by atoms with van der Waals surface area (Å²) >= 11 is 0. The van der Waals surface area contributed by atoms with Gasteiger partial charge in [-0.15, -0.1) is 0 Å². The van der Waals surface area contributed by atoms with Gasteiger partial charge in [0.25, 0.3) is 0 Å². The van der Waals surface area contributed by atoms with E-state index in [1.807, 2.05) is 0 Å². The fourth-order valence-electron chi connectivity index (χ4n) is 1.75. The van der Waals surface area contributed by atoms with Crippen LogP contribution in [-0.2, 0) is 4.57 Å². The Morgan fingerprint density at radius 3 is 1.52 bits per heavy atom. The minimum Gasteiger partial charge on any atom is -0.310 e. The summed E-state index contributed by atoms with van der Waals surface area (Å²) in [7, 11) is -1.25. The molecule has 0 aliphatic carbocycles. The lowest BCUT2D eigenvalue weighted by molar-refractivity contribution is -0.165. The number of halogens is 6. The average Bonchev–Trinajstić information content (AvgIpc) is 2.04. The van der Waals surface area contributed by atoms with Crippen LogP contribution >= 0.6 is 7.82 Å². The third kappa shape index (κ3) is 26.8. The highest BCUT2D eigenvalue weighted by atomic mass is 31.2. The lowest BCUT2D eigenvalue weighted by atomic mass is 10.1. The molecule has 0 radical (unpaired) electrons. The van der Waals surface area contributed by atoms with Crippen molar-refractivity contribution in [2.45, 2.75) is 44.2 Å². The SMILES string of the molecule is CC(CN(C)C)NC(CC(F)(F)F)CC(F)(F)F.O=P(O)(O)O. The first kappa shape index (κ1) is 24.9. The van der Waals surface area contributed by atoms with Crippen LogP contribution in [0.5, 0.6) is 0 Å².